The highest BCUT2D eigenvalue weighted by atomic mass is 32.1. The van der Waals surface area contributed by atoms with Crippen LogP contribution < -0.4 is 0 Å². The highest BCUT2D eigenvalue weighted by Crippen LogP contribution is 2.28. The van der Waals surface area contributed by atoms with Crippen LogP contribution >= 0.6 is 11.3 Å². The fraction of sp³-hybridized carbons (Fsp3) is 0.412. The largest absolute Gasteiger partial charge is 0.476 e. The van der Waals surface area contributed by atoms with Gasteiger partial charge >= 0.3 is 5.97 Å². The summed E-state index contributed by atoms with van der Waals surface area (Å²) in [6, 6.07) is 8.56. The molecule has 5 nitrogen and oxygen atoms in total. The molecule has 0 saturated carbocycles. The number of benzene rings is 1. The lowest BCUT2D eigenvalue weighted by atomic mass is 10.0. The molecular formula is C17H20N2O3S. The summed E-state index contributed by atoms with van der Waals surface area (Å²) < 4.78 is 6.02. The van der Waals surface area contributed by atoms with Gasteiger partial charge in [-0.1, -0.05) is 24.3 Å². The summed E-state index contributed by atoms with van der Waals surface area (Å²) in [5, 5.41) is 11.4. The molecule has 122 valence electrons. The lowest BCUT2D eigenvalue weighted by Gasteiger charge is -2.38. The zero-order valence-corrected chi connectivity index (χ0v) is 14.0. The van der Waals surface area contributed by atoms with E-state index in [1.54, 1.807) is 5.38 Å². The van der Waals surface area contributed by atoms with Gasteiger partial charge in [-0.05, 0) is 25.0 Å². The summed E-state index contributed by atoms with van der Waals surface area (Å²) in [6.45, 7) is 6.33. The summed E-state index contributed by atoms with van der Waals surface area (Å²) in [4.78, 5) is 17.5. The molecule has 6 heteroatoms. The molecule has 0 spiro atoms. The van der Waals surface area contributed by atoms with Gasteiger partial charge in [0.15, 0.2) is 5.69 Å². The summed E-state index contributed by atoms with van der Waals surface area (Å²) in [6.07, 6.45) is 0.0475. The van der Waals surface area contributed by atoms with Crippen LogP contribution in [-0.4, -0.2) is 40.2 Å². The van der Waals surface area contributed by atoms with Gasteiger partial charge in [-0.25, -0.2) is 9.78 Å². The van der Waals surface area contributed by atoms with Crippen molar-refractivity contribution in [1.82, 2.24) is 9.88 Å². The number of nitrogens with zero attached hydrogens (tertiary/aromatic N) is 2. The smallest absolute Gasteiger partial charge is 0.355 e. The van der Waals surface area contributed by atoms with Crippen LogP contribution in [-0.2, 0) is 11.3 Å². The zero-order chi connectivity index (χ0) is 16.4. The molecule has 1 aromatic carbocycles. The minimum Gasteiger partial charge on any atom is -0.476 e. The van der Waals surface area contributed by atoms with Gasteiger partial charge in [-0.15, -0.1) is 11.3 Å². The molecule has 2 unspecified atom stereocenters. The molecule has 1 aliphatic heterocycles. The molecule has 0 amide bonds. The third-order valence-corrected chi connectivity index (χ3v) is 5.04. The second kappa shape index (κ2) is 6.78. The Kier molecular flexibility index (Phi) is 4.75. The Morgan fingerprint density at radius 3 is 2.96 bits per heavy atom. The van der Waals surface area contributed by atoms with Crippen molar-refractivity contribution in [2.24, 2.45) is 0 Å². The number of morpholine rings is 1. The first kappa shape index (κ1) is 16.1. The number of carboxylic acids is 1. The summed E-state index contributed by atoms with van der Waals surface area (Å²) in [7, 11) is 0. The maximum Gasteiger partial charge on any atom is 0.355 e. The van der Waals surface area contributed by atoms with Crippen LogP contribution in [0.2, 0.25) is 0 Å². The number of aromatic nitrogens is 1. The van der Waals surface area contributed by atoms with Gasteiger partial charge in [-0.2, -0.15) is 0 Å². The predicted octanol–water partition coefficient (Wildman–Crippen LogP) is 3.11. The minimum absolute atomic E-state index is 0.0475. The molecule has 0 aliphatic carbocycles. The van der Waals surface area contributed by atoms with Gasteiger partial charge in [0.25, 0.3) is 0 Å². The molecule has 1 saturated heterocycles. The molecule has 23 heavy (non-hydrogen) atoms. The first-order chi connectivity index (χ1) is 11.0. The molecule has 1 aromatic heterocycles. The highest BCUT2D eigenvalue weighted by Gasteiger charge is 2.28. The Morgan fingerprint density at radius 2 is 2.26 bits per heavy atom. The number of thiazole rings is 1. The number of hydrogen-bond donors (Lipinski definition) is 1. The normalized spacial score (nSPS) is 22.2. The van der Waals surface area contributed by atoms with Crippen molar-refractivity contribution < 1.29 is 14.6 Å². The van der Waals surface area contributed by atoms with E-state index in [2.05, 4.69) is 35.9 Å². The number of ether oxygens (including phenoxy) is 1. The minimum atomic E-state index is -0.972. The third kappa shape index (κ3) is 3.60. The topological polar surface area (TPSA) is 62.7 Å². The number of hydrogen-bond acceptors (Lipinski definition) is 5. The maximum atomic E-state index is 11.0. The van der Waals surface area contributed by atoms with Crippen molar-refractivity contribution in [2.45, 2.75) is 32.5 Å². The van der Waals surface area contributed by atoms with Crippen molar-refractivity contribution in [3.05, 3.63) is 51.5 Å². The number of rotatable bonds is 4. The third-order valence-electron chi connectivity index (χ3n) is 4.21. The summed E-state index contributed by atoms with van der Waals surface area (Å²) in [5.74, 6) is -0.972. The molecule has 2 atom stereocenters. The number of carboxylic acid groups (broad SMARTS) is 1. The van der Waals surface area contributed by atoms with Crippen molar-refractivity contribution in [1.29, 1.82) is 0 Å². The highest BCUT2D eigenvalue weighted by molar-refractivity contribution is 7.09. The lowest BCUT2D eigenvalue weighted by molar-refractivity contribution is -0.0635. The van der Waals surface area contributed by atoms with E-state index < -0.39 is 5.97 Å². The van der Waals surface area contributed by atoms with Crippen LogP contribution in [0.5, 0.6) is 0 Å². The molecule has 1 N–H and O–H groups in total. The Hall–Kier alpha value is -1.76. The first-order valence-electron chi connectivity index (χ1n) is 7.63. The van der Waals surface area contributed by atoms with Crippen molar-refractivity contribution in [2.75, 3.05) is 13.2 Å². The monoisotopic (exact) mass is 332 g/mol. The van der Waals surface area contributed by atoms with E-state index in [9.17, 15) is 4.79 Å². The van der Waals surface area contributed by atoms with Crippen LogP contribution in [0.4, 0.5) is 0 Å². The summed E-state index contributed by atoms with van der Waals surface area (Å²) in [5.41, 5.74) is 2.57. The first-order valence-corrected chi connectivity index (χ1v) is 8.51. The van der Waals surface area contributed by atoms with Gasteiger partial charge in [-0.3, -0.25) is 4.90 Å². The molecule has 1 aliphatic rings. The predicted molar refractivity (Wildman–Crippen MR) is 88.8 cm³/mol. The molecule has 0 bridgehead atoms. The SMILES string of the molecule is Cc1ccccc1C1CN(Cc2nc(C(=O)O)cs2)C(C)CO1. The van der Waals surface area contributed by atoms with E-state index in [-0.39, 0.29) is 17.8 Å². The van der Waals surface area contributed by atoms with Crippen LogP contribution in [0.1, 0.15) is 39.7 Å². The molecule has 3 rings (SSSR count). The Morgan fingerprint density at radius 1 is 1.48 bits per heavy atom. The van der Waals surface area contributed by atoms with Gasteiger partial charge in [0.1, 0.15) is 5.01 Å². The van der Waals surface area contributed by atoms with Crippen molar-refractivity contribution in [3.8, 4) is 0 Å². The average Bonchev–Trinajstić information content (AvgIpc) is 2.99. The Labute approximate surface area is 139 Å². The van der Waals surface area contributed by atoms with Gasteiger partial charge in [0.2, 0.25) is 0 Å². The van der Waals surface area contributed by atoms with E-state index in [4.69, 9.17) is 9.84 Å². The average molecular weight is 332 g/mol. The van der Waals surface area contributed by atoms with Crippen LogP contribution in [0.15, 0.2) is 29.6 Å². The quantitative estimate of drug-likeness (QED) is 0.932. The molecular weight excluding hydrogens is 312 g/mol. The lowest BCUT2D eigenvalue weighted by Crippen LogP contribution is -2.44. The molecule has 1 fully saturated rings. The Bertz CT molecular complexity index is 701. The van der Waals surface area contributed by atoms with E-state index >= 15 is 0 Å². The molecule has 0 radical (unpaired) electrons. The zero-order valence-electron chi connectivity index (χ0n) is 13.2. The molecule has 2 heterocycles. The van der Waals surface area contributed by atoms with Crippen LogP contribution in [0, 0.1) is 6.92 Å². The van der Waals surface area contributed by atoms with Gasteiger partial charge < -0.3 is 9.84 Å². The molecule has 2 aromatic rings. The van der Waals surface area contributed by atoms with Crippen LogP contribution in [0.25, 0.3) is 0 Å². The fourth-order valence-corrected chi connectivity index (χ4v) is 3.61. The standard InChI is InChI=1S/C17H20N2O3S/c1-11-5-3-4-6-13(11)15-7-19(12(2)9-22-15)8-16-18-14(10-23-16)17(20)21/h3-6,10,12,15H,7-9H2,1-2H3,(H,20,21). The number of aryl methyl sites for hydroxylation is 1. The van der Waals surface area contributed by atoms with E-state index in [1.165, 1.54) is 22.5 Å². The number of carbonyl (C=O) groups is 1. The Balaban J connectivity index is 1.73. The fourth-order valence-electron chi connectivity index (χ4n) is 2.82. The van der Waals surface area contributed by atoms with E-state index in [1.807, 2.05) is 12.1 Å². The second-order valence-corrected chi connectivity index (χ2v) is 6.83. The second-order valence-electron chi connectivity index (χ2n) is 5.89. The van der Waals surface area contributed by atoms with E-state index in [0.29, 0.717) is 13.2 Å². The number of aromatic carboxylic acids is 1. The van der Waals surface area contributed by atoms with Crippen molar-refractivity contribution in [3.63, 3.8) is 0 Å². The van der Waals surface area contributed by atoms with Gasteiger partial charge in [0, 0.05) is 18.0 Å². The van der Waals surface area contributed by atoms with Crippen LogP contribution in [0.3, 0.4) is 0 Å². The summed E-state index contributed by atoms with van der Waals surface area (Å²) >= 11 is 1.40. The van der Waals surface area contributed by atoms with E-state index in [0.717, 1.165) is 11.6 Å². The van der Waals surface area contributed by atoms with Crippen molar-refractivity contribution >= 4 is 17.3 Å². The van der Waals surface area contributed by atoms with Gasteiger partial charge in [0.05, 0.1) is 19.3 Å². The maximum absolute atomic E-state index is 11.0.